The molecule has 1 amide bonds. The highest BCUT2D eigenvalue weighted by molar-refractivity contribution is 6.07. The number of carboxylic acid groups (broad SMARTS) is 1. The number of amides is 1. The monoisotopic (exact) mass is 271 g/mol. The van der Waals surface area contributed by atoms with Crippen molar-refractivity contribution in [3.63, 3.8) is 0 Å². The summed E-state index contributed by atoms with van der Waals surface area (Å²) in [6.45, 7) is 1.82. The number of aromatic nitrogens is 1. The number of carboxylic acids is 1. The molecule has 2 rings (SSSR count). The van der Waals surface area contributed by atoms with Crippen LogP contribution in [-0.4, -0.2) is 22.0 Å². The lowest BCUT2D eigenvalue weighted by Crippen LogP contribution is -2.15. The summed E-state index contributed by atoms with van der Waals surface area (Å²) in [5, 5.41) is 11.6. The molecule has 4 N–H and O–H groups in total. The van der Waals surface area contributed by atoms with Gasteiger partial charge in [-0.15, -0.1) is 0 Å². The number of anilines is 2. The Hall–Kier alpha value is -2.89. The molecule has 0 aliphatic heterocycles. The summed E-state index contributed by atoms with van der Waals surface area (Å²) in [5.41, 5.74) is 7.20. The first-order valence-electron chi connectivity index (χ1n) is 5.83. The number of aromatic carboxylic acids is 1. The quantitative estimate of drug-likeness (QED) is 0.739. The maximum absolute atomic E-state index is 12.1. The highest BCUT2D eigenvalue weighted by Gasteiger charge is 2.14. The minimum atomic E-state index is -1.16. The topological polar surface area (TPSA) is 105 Å². The van der Waals surface area contributed by atoms with Gasteiger partial charge in [0, 0.05) is 18.1 Å². The molecule has 0 saturated carbocycles. The number of carbonyl (C=O) groups excluding carboxylic acids is 1. The molecule has 2 aromatic rings. The first kappa shape index (κ1) is 13.5. The molecule has 0 atom stereocenters. The van der Waals surface area contributed by atoms with E-state index in [9.17, 15) is 9.59 Å². The van der Waals surface area contributed by atoms with Crippen LogP contribution in [0.2, 0.25) is 0 Å². The minimum Gasteiger partial charge on any atom is -0.478 e. The van der Waals surface area contributed by atoms with E-state index in [-0.39, 0.29) is 11.3 Å². The van der Waals surface area contributed by atoms with Crippen LogP contribution in [0.25, 0.3) is 0 Å². The van der Waals surface area contributed by atoms with Gasteiger partial charge in [-0.05, 0) is 36.8 Å². The standard InChI is InChI=1S/C14H13N3O3/c1-8-4-9(7-16-6-8)13(18)17-12-3-2-10(15)5-11(12)14(19)20/h2-7H,15H2,1H3,(H,17,18)(H,19,20). The number of hydrogen-bond acceptors (Lipinski definition) is 4. The lowest BCUT2D eigenvalue weighted by Gasteiger charge is -2.09. The number of carbonyl (C=O) groups is 2. The Morgan fingerprint density at radius 3 is 2.65 bits per heavy atom. The molecule has 1 aromatic heterocycles. The van der Waals surface area contributed by atoms with E-state index in [1.807, 2.05) is 6.92 Å². The molecule has 0 spiro atoms. The third-order valence-electron chi connectivity index (χ3n) is 2.66. The molecule has 1 heterocycles. The summed E-state index contributed by atoms with van der Waals surface area (Å²) in [6, 6.07) is 5.95. The highest BCUT2D eigenvalue weighted by atomic mass is 16.4. The van der Waals surface area contributed by atoms with Crippen molar-refractivity contribution in [1.82, 2.24) is 4.98 Å². The Labute approximate surface area is 115 Å². The van der Waals surface area contributed by atoms with Crippen molar-refractivity contribution in [2.45, 2.75) is 6.92 Å². The molecule has 0 aliphatic carbocycles. The number of pyridine rings is 1. The van der Waals surface area contributed by atoms with E-state index < -0.39 is 11.9 Å². The summed E-state index contributed by atoms with van der Waals surface area (Å²) in [4.78, 5) is 27.1. The maximum Gasteiger partial charge on any atom is 0.337 e. The SMILES string of the molecule is Cc1cncc(C(=O)Nc2ccc(N)cc2C(=O)O)c1. The fourth-order valence-corrected chi connectivity index (χ4v) is 1.72. The van der Waals surface area contributed by atoms with Gasteiger partial charge in [0.05, 0.1) is 16.8 Å². The Bertz CT molecular complexity index is 683. The fraction of sp³-hybridized carbons (Fsp3) is 0.0714. The van der Waals surface area contributed by atoms with E-state index in [0.29, 0.717) is 11.3 Å². The first-order chi connectivity index (χ1) is 9.47. The molecule has 6 heteroatoms. The minimum absolute atomic E-state index is 0.0565. The van der Waals surface area contributed by atoms with Gasteiger partial charge < -0.3 is 16.2 Å². The molecule has 0 aliphatic rings. The van der Waals surface area contributed by atoms with Gasteiger partial charge in [-0.2, -0.15) is 0 Å². The van der Waals surface area contributed by atoms with Gasteiger partial charge in [0.1, 0.15) is 0 Å². The summed E-state index contributed by atoms with van der Waals surface area (Å²) in [5.74, 6) is -1.58. The summed E-state index contributed by atoms with van der Waals surface area (Å²) >= 11 is 0. The van der Waals surface area contributed by atoms with E-state index in [1.165, 1.54) is 24.4 Å². The fourth-order valence-electron chi connectivity index (χ4n) is 1.72. The molecule has 0 saturated heterocycles. The normalized spacial score (nSPS) is 10.1. The van der Waals surface area contributed by atoms with Crippen LogP contribution in [0, 0.1) is 6.92 Å². The molecule has 20 heavy (non-hydrogen) atoms. The van der Waals surface area contributed by atoms with Crippen molar-refractivity contribution < 1.29 is 14.7 Å². The van der Waals surface area contributed by atoms with Crippen LogP contribution >= 0.6 is 0 Å². The zero-order chi connectivity index (χ0) is 14.7. The van der Waals surface area contributed by atoms with Crippen LogP contribution in [0.1, 0.15) is 26.3 Å². The Morgan fingerprint density at radius 2 is 2.00 bits per heavy atom. The average Bonchev–Trinajstić information content (AvgIpc) is 2.40. The molecule has 6 nitrogen and oxygen atoms in total. The predicted octanol–water partition coefficient (Wildman–Crippen LogP) is 1.92. The molecule has 1 aromatic carbocycles. The molecule has 0 unspecified atom stereocenters. The number of benzene rings is 1. The van der Waals surface area contributed by atoms with Gasteiger partial charge in [0.25, 0.3) is 5.91 Å². The second kappa shape index (κ2) is 5.40. The molecule has 0 radical (unpaired) electrons. The van der Waals surface area contributed by atoms with Gasteiger partial charge in [0.2, 0.25) is 0 Å². The van der Waals surface area contributed by atoms with Crippen LogP contribution in [0.3, 0.4) is 0 Å². The number of rotatable bonds is 3. The van der Waals surface area contributed by atoms with Crippen molar-refractivity contribution in [2.24, 2.45) is 0 Å². The predicted molar refractivity (Wildman–Crippen MR) is 74.7 cm³/mol. The van der Waals surface area contributed by atoms with Gasteiger partial charge >= 0.3 is 5.97 Å². The Balaban J connectivity index is 2.30. The third-order valence-corrected chi connectivity index (χ3v) is 2.66. The molecule has 0 fully saturated rings. The third kappa shape index (κ3) is 2.92. The van der Waals surface area contributed by atoms with Crippen molar-refractivity contribution in [2.75, 3.05) is 11.1 Å². The molecule has 102 valence electrons. The average molecular weight is 271 g/mol. The summed E-state index contributed by atoms with van der Waals surface area (Å²) in [6.07, 6.45) is 3.04. The van der Waals surface area contributed by atoms with Crippen LogP contribution in [0.5, 0.6) is 0 Å². The molecular formula is C14H13N3O3. The van der Waals surface area contributed by atoms with Crippen LogP contribution in [0.4, 0.5) is 11.4 Å². The van der Waals surface area contributed by atoms with Crippen molar-refractivity contribution >= 4 is 23.3 Å². The number of hydrogen-bond donors (Lipinski definition) is 3. The lowest BCUT2D eigenvalue weighted by atomic mass is 10.1. The molecular weight excluding hydrogens is 258 g/mol. The van der Waals surface area contributed by atoms with Crippen LogP contribution in [-0.2, 0) is 0 Å². The Morgan fingerprint density at radius 1 is 1.25 bits per heavy atom. The number of nitrogens with zero attached hydrogens (tertiary/aromatic N) is 1. The van der Waals surface area contributed by atoms with Gasteiger partial charge in [-0.25, -0.2) is 4.79 Å². The number of aryl methyl sites for hydroxylation is 1. The smallest absolute Gasteiger partial charge is 0.337 e. The highest BCUT2D eigenvalue weighted by Crippen LogP contribution is 2.19. The van der Waals surface area contributed by atoms with Crippen molar-refractivity contribution in [3.05, 3.63) is 53.3 Å². The molecule has 0 bridgehead atoms. The van der Waals surface area contributed by atoms with Gasteiger partial charge in [-0.1, -0.05) is 0 Å². The van der Waals surface area contributed by atoms with Gasteiger partial charge in [0.15, 0.2) is 0 Å². The zero-order valence-corrected chi connectivity index (χ0v) is 10.8. The maximum atomic E-state index is 12.1. The van der Waals surface area contributed by atoms with Crippen LogP contribution < -0.4 is 11.1 Å². The largest absolute Gasteiger partial charge is 0.478 e. The summed E-state index contributed by atoms with van der Waals surface area (Å²) < 4.78 is 0. The summed E-state index contributed by atoms with van der Waals surface area (Å²) in [7, 11) is 0. The second-order valence-electron chi connectivity index (χ2n) is 4.32. The van der Waals surface area contributed by atoms with E-state index in [0.717, 1.165) is 5.56 Å². The van der Waals surface area contributed by atoms with Crippen molar-refractivity contribution in [3.8, 4) is 0 Å². The zero-order valence-electron chi connectivity index (χ0n) is 10.8. The van der Waals surface area contributed by atoms with E-state index in [2.05, 4.69) is 10.3 Å². The Kier molecular flexibility index (Phi) is 3.65. The van der Waals surface area contributed by atoms with Gasteiger partial charge in [-0.3, -0.25) is 9.78 Å². The number of nitrogens with two attached hydrogens (primary N) is 1. The van der Waals surface area contributed by atoms with E-state index >= 15 is 0 Å². The van der Waals surface area contributed by atoms with E-state index in [1.54, 1.807) is 12.3 Å². The second-order valence-corrected chi connectivity index (χ2v) is 4.32. The lowest BCUT2D eigenvalue weighted by molar-refractivity contribution is 0.0698. The number of nitrogen functional groups attached to an aromatic ring is 1. The number of nitrogens with one attached hydrogen (secondary N) is 1. The van der Waals surface area contributed by atoms with Crippen molar-refractivity contribution in [1.29, 1.82) is 0 Å². The first-order valence-corrected chi connectivity index (χ1v) is 5.83. The van der Waals surface area contributed by atoms with E-state index in [4.69, 9.17) is 10.8 Å². The van der Waals surface area contributed by atoms with Crippen LogP contribution in [0.15, 0.2) is 36.7 Å².